The number of aromatic nitrogens is 2. The molecule has 0 bridgehead atoms. The molecular weight excluding hydrogens is 234 g/mol. The first-order chi connectivity index (χ1) is 8.20. The van der Waals surface area contributed by atoms with E-state index in [9.17, 15) is 0 Å². The van der Waals surface area contributed by atoms with Crippen molar-refractivity contribution in [2.24, 2.45) is 11.8 Å². The Labute approximate surface area is 108 Å². The van der Waals surface area contributed by atoms with Gasteiger partial charge in [0.25, 0.3) is 0 Å². The Morgan fingerprint density at radius 2 is 2.29 bits per heavy atom. The van der Waals surface area contributed by atoms with Crippen LogP contribution in [0.15, 0.2) is 0 Å². The maximum atomic E-state index is 6.10. The smallest absolute Gasteiger partial charge is 0.151 e. The van der Waals surface area contributed by atoms with E-state index in [0.29, 0.717) is 5.15 Å². The molecule has 1 aliphatic carbocycles. The van der Waals surface area contributed by atoms with Gasteiger partial charge < -0.3 is 10.3 Å². The standard InChI is InChI=1S/C13H22ClN3/c1-3-4-5-12-16-11(13(14)17-12)8-15-7-10-6-9(10)2/h9-10,15H,3-8H2,1-2H3,(H,16,17). The predicted octanol–water partition coefficient (Wildman–Crippen LogP) is 3.15. The van der Waals surface area contributed by atoms with Gasteiger partial charge in [0, 0.05) is 13.0 Å². The number of halogens is 1. The molecule has 1 aromatic heterocycles. The lowest BCUT2D eigenvalue weighted by atomic mass is 10.2. The molecular formula is C13H22ClN3. The second kappa shape index (κ2) is 5.87. The fourth-order valence-corrected chi connectivity index (χ4v) is 2.30. The summed E-state index contributed by atoms with van der Waals surface area (Å²) in [7, 11) is 0. The highest BCUT2D eigenvalue weighted by molar-refractivity contribution is 6.30. The Hall–Kier alpha value is -0.540. The Balaban J connectivity index is 1.76. The summed E-state index contributed by atoms with van der Waals surface area (Å²) in [6, 6.07) is 0. The first kappa shape index (κ1) is 12.9. The van der Waals surface area contributed by atoms with E-state index in [0.717, 1.165) is 49.3 Å². The van der Waals surface area contributed by atoms with Gasteiger partial charge in [-0.25, -0.2) is 4.98 Å². The van der Waals surface area contributed by atoms with Crippen molar-refractivity contribution >= 4 is 11.6 Å². The van der Waals surface area contributed by atoms with Gasteiger partial charge in [0.05, 0.1) is 5.69 Å². The Kier molecular flexibility index (Phi) is 4.46. The summed E-state index contributed by atoms with van der Waals surface area (Å²) in [5.41, 5.74) is 1.03. The Bertz CT molecular complexity index is 362. The normalized spacial score (nSPS) is 23.0. The monoisotopic (exact) mass is 255 g/mol. The molecule has 3 nitrogen and oxygen atoms in total. The molecule has 0 amide bonds. The molecule has 0 spiro atoms. The van der Waals surface area contributed by atoms with Crippen molar-refractivity contribution in [3.8, 4) is 0 Å². The average Bonchev–Trinajstić information content (AvgIpc) is 2.88. The molecule has 0 aliphatic heterocycles. The molecule has 2 rings (SSSR count). The van der Waals surface area contributed by atoms with Gasteiger partial charge in [-0.3, -0.25) is 0 Å². The van der Waals surface area contributed by atoms with Crippen LogP contribution < -0.4 is 5.32 Å². The number of nitrogens with one attached hydrogen (secondary N) is 2. The summed E-state index contributed by atoms with van der Waals surface area (Å²) in [5.74, 6) is 2.80. The number of hydrogen-bond donors (Lipinski definition) is 2. The first-order valence-electron chi connectivity index (χ1n) is 6.64. The third kappa shape index (κ3) is 3.71. The van der Waals surface area contributed by atoms with Gasteiger partial charge >= 0.3 is 0 Å². The van der Waals surface area contributed by atoms with Crippen molar-refractivity contribution in [3.63, 3.8) is 0 Å². The molecule has 1 fully saturated rings. The second-order valence-corrected chi connectivity index (χ2v) is 5.52. The molecule has 4 heteroatoms. The molecule has 2 N–H and O–H groups in total. The Morgan fingerprint density at radius 3 is 2.94 bits per heavy atom. The van der Waals surface area contributed by atoms with Crippen LogP contribution in [0.25, 0.3) is 0 Å². The summed E-state index contributed by atoms with van der Waals surface area (Å²) < 4.78 is 0. The van der Waals surface area contributed by atoms with Crippen LogP contribution in [0.3, 0.4) is 0 Å². The Morgan fingerprint density at radius 1 is 1.53 bits per heavy atom. The number of H-pyrrole nitrogens is 1. The first-order valence-corrected chi connectivity index (χ1v) is 7.02. The zero-order valence-electron chi connectivity index (χ0n) is 10.7. The molecule has 1 aromatic rings. The van der Waals surface area contributed by atoms with E-state index in [1.807, 2.05) is 0 Å². The minimum atomic E-state index is 0.632. The van der Waals surface area contributed by atoms with Gasteiger partial charge in [-0.2, -0.15) is 0 Å². The highest BCUT2D eigenvalue weighted by Crippen LogP contribution is 2.36. The number of imidazole rings is 1. The van der Waals surface area contributed by atoms with E-state index in [2.05, 4.69) is 29.1 Å². The van der Waals surface area contributed by atoms with Crippen molar-refractivity contribution in [2.75, 3.05) is 6.54 Å². The van der Waals surface area contributed by atoms with Gasteiger partial charge in [0.2, 0.25) is 0 Å². The van der Waals surface area contributed by atoms with Crippen LogP contribution in [0.5, 0.6) is 0 Å². The maximum Gasteiger partial charge on any atom is 0.151 e. The topological polar surface area (TPSA) is 40.7 Å². The molecule has 1 heterocycles. The number of hydrogen-bond acceptors (Lipinski definition) is 2. The SMILES string of the molecule is CCCCc1nc(Cl)c(CNCC2CC2C)[nH]1. The molecule has 17 heavy (non-hydrogen) atoms. The number of rotatable bonds is 7. The van der Waals surface area contributed by atoms with Crippen LogP contribution in [0.4, 0.5) is 0 Å². The van der Waals surface area contributed by atoms with Crippen molar-refractivity contribution in [3.05, 3.63) is 16.7 Å². The molecule has 0 radical (unpaired) electrons. The van der Waals surface area contributed by atoms with E-state index < -0.39 is 0 Å². The number of unbranched alkanes of at least 4 members (excludes halogenated alkanes) is 1. The predicted molar refractivity (Wildman–Crippen MR) is 71.2 cm³/mol. The third-order valence-electron chi connectivity index (χ3n) is 3.53. The molecule has 2 unspecified atom stereocenters. The van der Waals surface area contributed by atoms with Crippen LogP contribution in [-0.2, 0) is 13.0 Å². The lowest BCUT2D eigenvalue weighted by molar-refractivity contribution is 0.605. The highest BCUT2D eigenvalue weighted by atomic mass is 35.5. The van der Waals surface area contributed by atoms with Crippen molar-refractivity contribution in [1.82, 2.24) is 15.3 Å². The summed E-state index contributed by atoms with van der Waals surface area (Å²) in [6.07, 6.45) is 4.71. The quantitative estimate of drug-likeness (QED) is 0.786. The van der Waals surface area contributed by atoms with Gasteiger partial charge in [0.15, 0.2) is 5.15 Å². The average molecular weight is 256 g/mol. The molecule has 1 aliphatic rings. The zero-order chi connectivity index (χ0) is 12.3. The van der Waals surface area contributed by atoms with Crippen LogP contribution in [0, 0.1) is 11.8 Å². The minimum absolute atomic E-state index is 0.632. The number of aromatic amines is 1. The summed E-state index contributed by atoms with van der Waals surface area (Å²) in [6.45, 7) is 6.39. The van der Waals surface area contributed by atoms with Crippen LogP contribution in [0.2, 0.25) is 5.15 Å². The molecule has 0 aromatic carbocycles. The molecule has 1 saturated carbocycles. The third-order valence-corrected chi connectivity index (χ3v) is 3.84. The fourth-order valence-electron chi connectivity index (χ4n) is 2.09. The minimum Gasteiger partial charge on any atom is -0.344 e. The lowest BCUT2D eigenvalue weighted by Crippen LogP contribution is -2.17. The van der Waals surface area contributed by atoms with E-state index in [4.69, 9.17) is 11.6 Å². The lowest BCUT2D eigenvalue weighted by Gasteiger charge is -2.01. The van der Waals surface area contributed by atoms with E-state index in [1.54, 1.807) is 0 Å². The van der Waals surface area contributed by atoms with E-state index in [1.165, 1.54) is 12.8 Å². The maximum absolute atomic E-state index is 6.10. The van der Waals surface area contributed by atoms with E-state index >= 15 is 0 Å². The molecule has 96 valence electrons. The van der Waals surface area contributed by atoms with Crippen LogP contribution in [-0.4, -0.2) is 16.5 Å². The van der Waals surface area contributed by atoms with Crippen LogP contribution in [0.1, 0.15) is 44.6 Å². The largest absolute Gasteiger partial charge is 0.344 e. The number of nitrogens with zero attached hydrogens (tertiary/aromatic N) is 1. The fraction of sp³-hybridized carbons (Fsp3) is 0.769. The van der Waals surface area contributed by atoms with Gasteiger partial charge in [-0.1, -0.05) is 31.9 Å². The zero-order valence-corrected chi connectivity index (χ0v) is 11.5. The van der Waals surface area contributed by atoms with Gasteiger partial charge in [-0.15, -0.1) is 0 Å². The number of aryl methyl sites for hydroxylation is 1. The van der Waals surface area contributed by atoms with Gasteiger partial charge in [0.1, 0.15) is 5.82 Å². The molecule has 0 saturated heterocycles. The summed E-state index contributed by atoms with van der Waals surface area (Å²) >= 11 is 6.10. The highest BCUT2D eigenvalue weighted by Gasteiger charge is 2.31. The van der Waals surface area contributed by atoms with Crippen molar-refractivity contribution < 1.29 is 0 Å². The van der Waals surface area contributed by atoms with Gasteiger partial charge in [-0.05, 0) is 31.2 Å². The molecule has 2 atom stereocenters. The summed E-state index contributed by atoms with van der Waals surface area (Å²) in [5, 5.41) is 4.08. The van der Waals surface area contributed by atoms with Crippen LogP contribution >= 0.6 is 11.6 Å². The summed E-state index contributed by atoms with van der Waals surface area (Å²) in [4.78, 5) is 7.66. The second-order valence-electron chi connectivity index (χ2n) is 5.16. The van der Waals surface area contributed by atoms with E-state index in [-0.39, 0.29) is 0 Å². The van der Waals surface area contributed by atoms with Crippen molar-refractivity contribution in [1.29, 1.82) is 0 Å². The van der Waals surface area contributed by atoms with Crippen molar-refractivity contribution in [2.45, 2.75) is 46.1 Å².